The summed E-state index contributed by atoms with van der Waals surface area (Å²) >= 11 is 0. The fraction of sp³-hybridized carbons (Fsp3) is 0.417. The zero-order chi connectivity index (χ0) is 12.3. The third-order valence-electron chi connectivity index (χ3n) is 2.00. The Morgan fingerprint density at radius 1 is 1.38 bits per heavy atom. The molecule has 4 heteroatoms. The van der Waals surface area contributed by atoms with Crippen molar-refractivity contribution in [1.82, 2.24) is 0 Å². The molecule has 16 heavy (non-hydrogen) atoms. The van der Waals surface area contributed by atoms with Gasteiger partial charge in [-0.1, -0.05) is 0 Å². The van der Waals surface area contributed by atoms with Gasteiger partial charge in [0.25, 0.3) is 0 Å². The Labute approximate surface area is 94.8 Å². The number of phenols is 1. The maximum Gasteiger partial charge on any atom is 0.167 e. The average molecular weight is 224 g/mol. The Morgan fingerprint density at radius 2 is 2.00 bits per heavy atom. The van der Waals surface area contributed by atoms with Crippen LogP contribution >= 0.6 is 0 Å². The summed E-state index contributed by atoms with van der Waals surface area (Å²) in [4.78, 5) is 11.3. The topological polar surface area (TPSA) is 55.8 Å². The molecule has 0 aliphatic rings. The van der Waals surface area contributed by atoms with Crippen LogP contribution in [0.15, 0.2) is 12.1 Å². The van der Waals surface area contributed by atoms with Crippen LogP contribution in [0.4, 0.5) is 0 Å². The number of rotatable bonds is 4. The largest absolute Gasteiger partial charge is 0.507 e. The number of phenolic OH excluding ortho intramolecular Hbond substituents is 1. The molecule has 0 atom stereocenters. The normalized spacial score (nSPS) is 10.3. The Balaban J connectivity index is 3.21. The van der Waals surface area contributed by atoms with E-state index in [4.69, 9.17) is 9.47 Å². The highest BCUT2D eigenvalue weighted by atomic mass is 16.5. The second-order valence-electron chi connectivity index (χ2n) is 3.74. The number of ether oxygens (including phenoxy) is 2. The second kappa shape index (κ2) is 4.88. The van der Waals surface area contributed by atoms with Crippen LogP contribution in [0.1, 0.15) is 31.1 Å². The Bertz CT molecular complexity index is 396. The Hall–Kier alpha value is -1.71. The highest BCUT2D eigenvalue weighted by Gasteiger charge is 2.16. The standard InChI is InChI=1S/C12H16O4/c1-7(2)16-9-5-10(14)12(8(3)13)11(6-9)15-4/h5-7,14H,1-4H3. The van der Waals surface area contributed by atoms with E-state index in [1.54, 1.807) is 6.07 Å². The molecule has 1 rings (SSSR count). The molecule has 0 amide bonds. The molecule has 0 spiro atoms. The van der Waals surface area contributed by atoms with Gasteiger partial charge in [-0.3, -0.25) is 4.79 Å². The van der Waals surface area contributed by atoms with E-state index in [0.717, 1.165) is 0 Å². The van der Waals surface area contributed by atoms with Crippen LogP contribution in [0, 0.1) is 0 Å². The highest BCUT2D eigenvalue weighted by Crippen LogP contribution is 2.33. The molecule has 0 saturated heterocycles. The van der Waals surface area contributed by atoms with E-state index < -0.39 is 0 Å². The highest BCUT2D eigenvalue weighted by molar-refractivity contribution is 5.99. The van der Waals surface area contributed by atoms with Crippen molar-refractivity contribution in [1.29, 1.82) is 0 Å². The molecule has 88 valence electrons. The minimum absolute atomic E-state index is 0.00714. The number of Topliss-reactive ketones (excluding diaryl/α,β-unsaturated/α-hetero) is 1. The van der Waals surface area contributed by atoms with Crippen molar-refractivity contribution >= 4 is 5.78 Å². The van der Waals surface area contributed by atoms with E-state index in [1.165, 1.54) is 20.1 Å². The second-order valence-corrected chi connectivity index (χ2v) is 3.74. The summed E-state index contributed by atoms with van der Waals surface area (Å²) in [5.41, 5.74) is 0.179. The number of benzene rings is 1. The molecular formula is C12H16O4. The lowest BCUT2D eigenvalue weighted by Crippen LogP contribution is -2.06. The van der Waals surface area contributed by atoms with Gasteiger partial charge in [0, 0.05) is 12.1 Å². The first kappa shape index (κ1) is 12.4. The summed E-state index contributed by atoms with van der Waals surface area (Å²) in [5, 5.41) is 9.71. The Kier molecular flexibility index (Phi) is 3.77. The van der Waals surface area contributed by atoms with Gasteiger partial charge in [0.1, 0.15) is 22.8 Å². The molecule has 0 aliphatic heterocycles. The fourth-order valence-electron chi connectivity index (χ4n) is 1.43. The number of carbonyl (C=O) groups is 1. The van der Waals surface area contributed by atoms with Crippen LogP contribution in [0.5, 0.6) is 17.2 Å². The molecule has 0 unspecified atom stereocenters. The molecule has 0 heterocycles. The third kappa shape index (κ3) is 2.66. The van der Waals surface area contributed by atoms with Gasteiger partial charge in [-0.25, -0.2) is 0 Å². The molecule has 0 aromatic heterocycles. The molecule has 0 radical (unpaired) electrons. The molecule has 4 nitrogen and oxygen atoms in total. The molecule has 0 saturated carbocycles. The first-order chi connectivity index (χ1) is 7.45. The lowest BCUT2D eigenvalue weighted by molar-refractivity contribution is 0.101. The monoisotopic (exact) mass is 224 g/mol. The molecule has 1 aromatic rings. The van der Waals surface area contributed by atoms with Crippen molar-refractivity contribution in [2.45, 2.75) is 26.9 Å². The van der Waals surface area contributed by atoms with E-state index in [-0.39, 0.29) is 23.2 Å². The minimum atomic E-state index is -0.245. The smallest absolute Gasteiger partial charge is 0.167 e. The quantitative estimate of drug-likeness (QED) is 0.798. The van der Waals surface area contributed by atoms with Crippen molar-refractivity contribution in [2.24, 2.45) is 0 Å². The zero-order valence-corrected chi connectivity index (χ0v) is 9.90. The lowest BCUT2D eigenvalue weighted by atomic mass is 10.1. The predicted octanol–water partition coefficient (Wildman–Crippen LogP) is 2.39. The van der Waals surface area contributed by atoms with Gasteiger partial charge in [0.2, 0.25) is 0 Å². The number of methoxy groups -OCH3 is 1. The number of carbonyl (C=O) groups excluding carboxylic acids is 1. The van der Waals surface area contributed by atoms with Gasteiger partial charge in [-0.05, 0) is 20.8 Å². The molecule has 0 aliphatic carbocycles. The molecule has 0 bridgehead atoms. The van der Waals surface area contributed by atoms with Gasteiger partial charge in [0.05, 0.1) is 13.2 Å². The predicted molar refractivity (Wildman–Crippen MR) is 60.4 cm³/mol. The van der Waals surface area contributed by atoms with Crippen molar-refractivity contribution in [3.63, 3.8) is 0 Å². The van der Waals surface area contributed by atoms with Gasteiger partial charge < -0.3 is 14.6 Å². The summed E-state index contributed by atoms with van der Waals surface area (Å²) in [5.74, 6) is 0.436. The summed E-state index contributed by atoms with van der Waals surface area (Å²) in [6.07, 6.45) is -0.00714. The molecular weight excluding hydrogens is 208 g/mol. The average Bonchev–Trinajstić information content (AvgIpc) is 2.14. The van der Waals surface area contributed by atoms with Gasteiger partial charge >= 0.3 is 0 Å². The molecule has 0 fully saturated rings. The van der Waals surface area contributed by atoms with Crippen LogP contribution in [0.3, 0.4) is 0 Å². The zero-order valence-electron chi connectivity index (χ0n) is 9.90. The summed E-state index contributed by atoms with van der Waals surface area (Å²) < 4.78 is 10.5. The third-order valence-corrected chi connectivity index (χ3v) is 2.00. The van der Waals surface area contributed by atoms with E-state index in [2.05, 4.69) is 0 Å². The van der Waals surface area contributed by atoms with Crippen molar-refractivity contribution in [2.75, 3.05) is 7.11 Å². The van der Waals surface area contributed by atoms with E-state index in [9.17, 15) is 9.90 Å². The first-order valence-electron chi connectivity index (χ1n) is 5.04. The van der Waals surface area contributed by atoms with Crippen LogP contribution in [0.25, 0.3) is 0 Å². The van der Waals surface area contributed by atoms with Crippen LogP contribution in [-0.4, -0.2) is 24.1 Å². The van der Waals surface area contributed by atoms with E-state index >= 15 is 0 Å². The van der Waals surface area contributed by atoms with E-state index in [0.29, 0.717) is 11.5 Å². The number of aromatic hydroxyl groups is 1. The van der Waals surface area contributed by atoms with Crippen LogP contribution in [-0.2, 0) is 0 Å². The van der Waals surface area contributed by atoms with Crippen molar-refractivity contribution < 1.29 is 19.4 Å². The van der Waals surface area contributed by atoms with Crippen molar-refractivity contribution in [3.05, 3.63) is 17.7 Å². The van der Waals surface area contributed by atoms with Crippen molar-refractivity contribution in [3.8, 4) is 17.2 Å². The van der Waals surface area contributed by atoms with Gasteiger partial charge in [0.15, 0.2) is 5.78 Å². The fourth-order valence-corrected chi connectivity index (χ4v) is 1.43. The maximum atomic E-state index is 11.3. The molecule has 1 aromatic carbocycles. The number of ketones is 1. The Morgan fingerprint density at radius 3 is 2.44 bits per heavy atom. The summed E-state index contributed by atoms with van der Waals surface area (Å²) in [6, 6.07) is 3.01. The lowest BCUT2D eigenvalue weighted by Gasteiger charge is -2.13. The van der Waals surface area contributed by atoms with Gasteiger partial charge in [-0.15, -0.1) is 0 Å². The maximum absolute atomic E-state index is 11.3. The van der Waals surface area contributed by atoms with Gasteiger partial charge in [-0.2, -0.15) is 0 Å². The van der Waals surface area contributed by atoms with E-state index in [1.807, 2.05) is 13.8 Å². The van der Waals surface area contributed by atoms with Crippen LogP contribution < -0.4 is 9.47 Å². The SMILES string of the molecule is COc1cc(OC(C)C)cc(O)c1C(C)=O. The number of hydrogen-bond donors (Lipinski definition) is 1. The summed E-state index contributed by atoms with van der Waals surface area (Å²) in [7, 11) is 1.44. The molecule has 1 N–H and O–H groups in total. The minimum Gasteiger partial charge on any atom is -0.507 e. The summed E-state index contributed by atoms with van der Waals surface area (Å²) in [6.45, 7) is 5.13. The number of hydrogen-bond acceptors (Lipinski definition) is 4. The first-order valence-corrected chi connectivity index (χ1v) is 5.04. The van der Waals surface area contributed by atoms with Crippen LogP contribution in [0.2, 0.25) is 0 Å².